The van der Waals surface area contributed by atoms with Crippen molar-refractivity contribution in [3.8, 4) is 0 Å². The second-order valence-electron chi connectivity index (χ2n) is 3.50. The molecule has 0 saturated carbocycles. The Bertz CT molecular complexity index is 592. The maximum Gasteiger partial charge on any atom is 0.291 e. The van der Waals surface area contributed by atoms with E-state index in [4.69, 9.17) is 34.0 Å². The SMILES string of the molecule is NC(=S)c1ccc(NC(=O)c2ccc(Cl)o2)cc1. The van der Waals surface area contributed by atoms with Gasteiger partial charge in [-0.3, -0.25) is 4.79 Å². The van der Waals surface area contributed by atoms with Gasteiger partial charge in [0.25, 0.3) is 5.91 Å². The summed E-state index contributed by atoms with van der Waals surface area (Å²) in [6.45, 7) is 0. The molecule has 18 heavy (non-hydrogen) atoms. The first-order valence-electron chi connectivity index (χ1n) is 5.03. The number of halogens is 1. The highest BCUT2D eigenvalue weighted by Gasteiger charge is 2.10. The molecular weight excluding hydrogens is 272 g/mol. The highest BCUT2D eigenvalue weighted by Crippen LogP contribution is 2.15. The van der Waals surface area contributed by atoms with Crippen molar-refractivity contribution in [3.05, 3.63) is 52.9 Å². The average Bonchev–Trinajstić information content (AvgIpc) is 2.76. The quantitative estimate of drug-likeness (QED) is 0.849. The van der Waals surface area contributed by atoms with Crippen LogP contribution in [0.15, 0.2) is 40.8 Å². The molecule has 2 aromatic rings. The molecule has 1 heterocycles. The molecular formula is C12H9ClN2O2S. The van der Waals surface area contributed by atoms with E-state index in [-0.39, 0.29) is 16.9 Å². The normalized spacial score (nSPS) is 10.1. The second kappa shape index (κ2) is 5.20. The first kappa shape index (κ1) is 12.6. The van der Waals surface area contributed by atoms with Crippen LogP contribution in [0.3, 0.4) is 0 Å². The summed E-state index contributed by atoms with van der Waals surface area (Å²) in [7, 11) is 0. The van der Waals surface area contributed by atoms with E-state index in [1.165, 1.54) is 12.1 Å². The topological polar surface area (TPSA) is 68.3 Å². The zero-order valence-electron chi connectivity index (χ0n) is 9.14. The van der Waals surface area contributed by atoms with E-state index in [9.17, 15) is 4.79 Å². The average molecular weight is 281 g/mol. The fraction of sp³-hybridized carbons (Fsp3) is 0. The summed E-state index contributed by atoms with van der Waals surface area (Å²) in [5.74, 6) is -0.219. The first-order chi connectivity index (χ1) is 8.56. The Morgan fingerprint density at radius 2 is 1.89 bits per heavy atom. The fourth-order valence-corrected chi connectivity index (χ4v) is 1.63. The lowest BCUT2D eigenvalue weighted by Gasteiger charge is -2.04. The van der Waals surface area contributed by atoms with Gasteiger partial charge in [-0.2, -0.15) is 0 Å². The number of carbonyl (C=O) groups excluding carboxylic acids is 1. The van der Waals surface area contributed by atoms with Gasteiger partial charge in [-0.05, 0) is 48.0 Å². The van der Waals surface area contributed by atoms with Gasteiger partial charge in [0.15, 0.2) is 11.0 Å². The summed E-state index contributed by atoms with van der Waals surface area (Å²) in [6.07, 6.45) is 0. The van der Waals surface area contributed by atoms with Crippen LogP contribution < -0.4 is 11.1 Å². The lowest BCUT2D eigenvalue weighted by Crippen LogP contribution is -2.12. The minimum absolute atomic E-state index is 0.151. The Morgan fingerprint density at radius 3 is 2.39 bits per heavy atom. The van der Waals surface area contributed by atoms with Crippen LogP contribution in [0, 0.1) is 0 Å². The van der Waals surface area contributed by atoms with Crippen molar-refractivity contribution in [1.29, 1.82) is 0 Å². The van der Waals surface area contributed by atoms with E-state index in [2.05, 4.69) is 5.32 Å². The first-order valence-corrected chi connectivity index (χ1v) is 5.81. The number of nitrogens with two attached hydrogens (primary N) is 1. The van der Waals surface area contributed by atoms with E-state index in [1.54, 1.807) is 24.3 Å². The van der Waals surface area contributed by atoms with Gasteiger partial charge >= 0.3 is 0 Å². The Morgan fingerprint density at radius 1 is 1.22 bits per heavy atom. The van der Waals surface area contributed by atoms with E-state index < -0.39 is 0 Å². The van der Waals surface area contributed by atoms with Gasteiger partial charge in [0.05, 0.1) is 0 Å². The molecule has 0 radical (unpaired) electrons. The van der Waals surface area contributed by atoms with Crippen molar-refractivity contribution in [1.82, 2.24) is 0 Å². The van der Waals surface area contributed by atoms with Crippen molar-refractivity contribution in [2.45, 2.75) is 0 Å². The minimum Gasteiger partial charge on any atom is -0.440 e. The summed E-state index contributed by atoms with van der Waals surface area (Å²) in [4.78, 5) is 12.0. The monoisotopic (exact) mass is 280 g/mol. The van der Waals surface area contributed by atoms with Gasteiger partial charge in [0.1, 0.15) is 4.99 Å². The molecule has 0 aliphatic carbocycles. The second-order valence-corrected chi connectivity index (χ2v) is 4.31. The summed E-state index contributed by atoms with van der Waals surface area (Å²) in [5, 5.41) is 2.83. The summed E-state index contributed by atoms with van der Waals surface area (Å²) >= 11 is 10.4. The van der Waals surface area contributed by atoms with Crippen LogP contribution in [-0.4, -0.2) is 10.9 Å². The van der Waals surface area contributed by atoms with Crippen molar-refractivity contribution in [2.24, 2.45) is 5.73 Å². The lowest BCUT2D eigenvalue weighted by molar-refractivity contribution is 0.0997. The Balaban J connectivity index is 2.10. The number of anilines is 1. The third-order valence-electron chi connectivity index (χ3n) is 2.22. The molecule has 0 atom stereocenters. The predicted octanol–water partition coefficient (Wildman–Crippen LogP) is 2.82. The number of benzene rings is 1. The van der Waals surface area contributed by atoms with Crippen LogP contribution in [0.4, 0.5) is 5.69 Å². The zero-order chi connectivity index (χ0) is 13.1. The molecule has 1 aromatic carbocycles. The number of furan rings is 1. The third-order valence-corrected chi connectivity index (χ3v) is 2.66. The number of thiocarbonyl (C=S) groups is 1. The van der Waals surface area contributed by atoms with Crippen LogP contribution in [0.1, 0.15) is 16.1 Å². The van der Waals surface area contributed by atoms with Crippen LogP contribution >= 0.6 is 23.8 Å². The number of nitrogens with one attached hydrogen (secondary N) is 1. The van der Waals surface area contributed by atoms with Gasteiger partial charge in [0, 0.05) is 11.3 Å². The molecule has 0 fully saturated rings. The van der Waals surface area contributed by atoms with Crippen molar-refractivity contribution in [2.75, 3.05) is 5.32 Å². The third kappa shape index (κ3) is 2.88. The fourth-order valence-electron chi connectivity index (χ4n) is 1.35. The predicted molar refractivity (Wildman–Crippen MR) is 74.0 cm³/mol. The molecule has 1 amide bonds. The molecule has 92 valence electrons. The number of hydrogen-bond acceptors (Lipinski definition) is 3. The maximum atomic E-state index is 11.7. The van der Waals surface area contributed by atoms with E-state index >= 15 is 0 Å². The van der Waals surface area contributed by atoms with E-state index in [0.717, 1.165) is 5.56 Å². The van der Waals surface area contributed by atoms with E-state index in [0.29, 0.717) is 10.7 Å². The van der Waals surface area contributed by atoms with Crippen LogP contribution in [0.2, 0.25) is 5.22 Å². The Kier molecular flexibility index (Phi) is 3.64. The van der Waals surface area contributed by atoms with Gasteiger partial charge < -0.3 is 15.5 Å². The summed E-state index contributed by atoms with van der Waals surface area (Å²) < 4.78 is 4.99. The summed E-state index contributed by atoms with van der Waals surface area (Å²) in [6, 6.07) is 9.88. The van der Waals surface area contributed by atoms with Crippen LogP contribution in [0.5, 0.6) is 0 Å². The van der Waals surface area contributed by atoms with Crippen LogP contribution in [-0.2, 0) is 0 Å². The molecule has 0 spiro atoms. The standard InChI is InChI=1S/C12H9ClN2O2S/c13-10-6-5-9(17-10)12(16)15-8-3-1-7(2-4-8)11(14)18/h1-6H,(H2,14,18)(H,15,16). The molecule has 0 bridgehead atoms. The molecule has 6 heteroatoms. The van der Waals surface area contributed by atoms with Crippen LogP contribution in [0.25, 0.3) is 0 Å². The number of rotatable bonds is 3. The molecule has 1 aromatic heterocycles. The van der Waals surface area contributed by atoms with Crippen molar-refractivity contribution < 1.29 is 9.21 Å². The summed E-state index contributed by atoms with van der Waals surface area (Å²) in [5.41, 5.74) is 6.83. The van der Waals surface area contributed by atoms with Crippen molar-refractivity contribution >= 4 is 40.4 Å². The number of hydrogen-bond donors (Lipinski definition) is 2. The Labute approximate surface area is 114 Å². The van der Waals surface area contributed by atoms with Crippen molar-refractivity contribution in [3.63, 3.8) is 0 Å². The Hall–Kier alpha value is -1.85. The zero-order valence-corrected chi connectivity index (χ0v) is 10.7. The molecule has 4 nitrogen and oxygen atoms in total. The van der Waals surface area contributed by atoms with Gasteiger partial charge in [-0.1, -0.05) is 12.2 Å². The molecule has 3 N–H and O–H groups in total. The molecule has 0 unspecified atom stereocenters. The molecule has 2 rings (SSSR count). The molecule has 0 aliphatic rings. The number of amides is 1. The van der Waals surface area contributed by atoms with Gasteiger partial charge in [-0.25, -0.2) is 0 Å². The van der Waals surface area contributed by atoms with E-state index in [1.807, 2.05) is 0 Å². The molecule has 0 saturated heterocycles. The number of carbonyl (C=O) groups is 1. The molecule has 0 aliphatic heterocycles. The minimum atomic E-state index is -0.370. The largest absolute Gasteiger partial charge is 0.440 e. The maximum absolute atomic E-state index is 11.7. The highest BCUT2D eigenvalue weighted by atomic mass is 35.5. The smallest absolute Gasteiger partial charge is 0.291 e. The highest BCUT2D eigenvalue weighted by molar-refractivity contribution is 7.80. The van der Waals surface area contributed by atoms with Gasteiger partial charge in [0.2, 0.25) is 0 Å². The lowest BCUT2D eigenvalue weighted by atomic mass is 10.2. The van der Waals surface area contributed by atoms with Gasteiger partial charge in [-0.15, -0.1) is 0 Å².